The smallest absolute Gasteiger partial charge is 0.312 e. The first-order chi connectivity index (χ1) is 6.56. The van der Waals surface area contributed by atoms with Gasteiger partial charge in [0.05, 0.1) is 5.92 Å². The summed E-state index contributed by atoms with van der Waals surface area (Å²) in [5.74, 6) is -1.56. The maximum Gasteiger partial charge on any atom is 0.312 e. The molecule has 0 saturated carbocycles. The maximum atomic E-state index is 10.8. The summed E-state index contributed by atoms with van der Waals surface area (Å²) >= 11 is 5.83. The Kier molecular flexibility index (Phi) is 3.49. The number of rotatable bonds is 3. The monoisotopic (exact) mass is 213 g/mol. The number of carbonyl (C=O) groups is 1. The molecule has 0 bridgehead atoms. The Morgan fingerprint density at radius 2 is 2.29 bits per heavy atom. The number of aliphatic carboxylic acids is 1. The molecule has 1 atom stereocenters. The molecule has 1 aromatic rings. The fourth-order valence-electron chi connectivity index (χ4n) is 1.26. The van der Waals surface area contributed by atoms with E-state index in [1.54, 1.807) is 18.2 Å². The summed E-state index contributed by atoms with van der Waals surface area (Å²) in [6.45, 7) is 1.93. The Morgan fingerprint density at radius 3 is 2.71 bits per heavy atom. The molecule has 0 amide bonds. The Hall–Kier alpha value is -1.06. The van der Waals surface area contributed by atoms with E-state index in [0.717, 1.165) is 5.56 Å². The molecule has 0 saturated heterocycles. The lowest BCUT2D eigenvalue weighted by Gasteiger charge is -2.11. The molecule has 0 heterocycles. The van der Waals surface area contributed by atoms with Crippen LogP contribution in [0.3, 0.4) is 0 Å². The highest BCUT2D eigenvalue weighted by Crippen LogP contribution is 2.21. The van der Waals surface area contributed by atoms with Gasteiger partial charge in [-0.15, -0.1) is 0 Å². The van der Waals surface area contributed by atoms with Crippen LogP contribution < -0.4 is 5.73 Å². The quantitative estimate of drug-likeness (QED) is 0.805. The SMILES string of the molecule is Cc1cc(C(CN)C(=O)O)ccc1Cl. The summed E-state index contributed by atoms with van der Waals surface area (Å²) in [5, 5.41) is 9.51. The predicted molar refractivity (Wildman–Crippen MR) is 55.6 cm³/mol. The van der Waals surface area contributed by atoms with Gasteiger partial charge in [0.1, 0.15) is 0 Å². The minimum absolute atomic E-state index is 0.0937. The number of benzene rings is 1. The van der Waals surface area contributed by atoms with E-state index in [9.17, 15) is 4.79 Å². The highest BCUT2D eigenvalue weighted by atomic mass is 35.5. The summed E-state index contributed by atoms with van der Waals surface area (Å²) in [7, 11) is 0. The van der Waals surface area contributed by atoms with Crippen LogP contribution in [-0.4, -0.2) is 17.6 Å². The second-order valence-corrected chi connectivity index (χ2v) is 3.54. The van der Waals surface area contributed by atoms with Gasteiger partial charge >= 0.3 is 5.97 Å². The lowest BCUT2D eigenvalue weighted by molar-refractivity contribution is -0.138. The standard InChI is InChI=1S/C10H12ClNO2/c1-6-4-7(2-3-9(6)11)8(5-12)10(13)14/h2-4,8H,5,12H2,1H3,(H,13,14). The summed E-state index contributed by atoms with van der Waals surface area (Å²) in [6, 6.07) is 5.15. The molecule has 1 aromatic carbocycles. The van der Waals surface area contributed by atoms with Crippen molar-refractivity contribution in [2.45, 2.75) is 12.8 Å². The van der Waals surface area contributed by atoms with Gasteiger partial charge in [-0.25, -0.2) is 0 Å². The molecule has 0 fully saturated rings. The maximum absolute atomic E-state index is 10.8. The van der Waals surface area contributed by atoms with Crippen LogP contribution in [0.5, 0.6) is 0 Å². The summed E-state index contributed by atoms with van der Waals surface area (Å²) in [6.07, 6.45) is 0. The van der Waals surface area contributed by atoms with Crippen molar-refractivity contribution < 1.29 is 9.90 Å². The number of aryl methyl sites for hydroxylation is 1. The van der Waals surface area contributed by atoms with Crippen molar-refractivity contribution in [3.63, 3.8) is 0 Å². The van der Waals surface area contributed by atoms with Crippen LogP contribution in [0.4, 0.5) is 0 Å². The minimum atomic E-state index is -0.908. The van der Waals surface area contributed by atoms with E-state index < -0.39 is 11.9 Å². The van der Waals surface area contributed by atoms with Crippen molar-refractivity contribution in [3.05, 3.63) is 34.3 Å². The Balaban J connectivity index is 3.06. The third-order valence-electron chi connectivity index (χ3n) is 2.12. The van der Waals surface area contributed by atoms with Crippen molar-refractivity contribution in [1.29, 1.82) is 0 Å². The molecule has 0 aliphatic carbocycles. The highest BCUT2D eigenvalue weighted by Gasteiger charge is 2.17. The number of hydrogen-bond donors (Lipinski definition) is 2. The molecule has 0 spiro atoms. The van der Waals surface area contributed by atoms with E-state index in [-0.39, 0.29) is 6.54 Å². The highest BCUT2D eigenvalue weighted by molar-refractivity contribution is 6.31. The molecule has 3 N–H and O–H groups in total. The second-order valence-electron chi connectivity index (χ2n) is 3.14. The van der Waals surface area contributed by atoms with Gasteiger partial charge in [0.2, 0.25) is 0 Å². The van der Waals surface area contributed by atoms with Crippen molar-refractivity contribution in [2.75, 3.05) is 6.54 Å². The van der Waals surface area contributed by atoms with Gasteiger partial charge in [0.25, 0.3) is 0 Å². The van der Waals surface area contributed by atoms with Gasteiger partial charge in [-0.05, 0) is 24.1 Å². The van der Waals surface area contributed by atoms with Crippen LogP contribution in [-0.2, 0) is 4.79 Å². The van der Waals surface area contributed by atoms with E-state index in [4.69, 9.17) is 22.4 Å². The average molecular weight is 214 g/mol. The third kappa shape index (κ3) is 2.25. The number of carboxylic acids is 1. The zero-order chi connectivity index (χ0) is 10.7. The lowest BCUT2D eigenvalue weighted by atomic mass is 9.98. The molecule has 76 valence electrons. The van der Waals surface area contributed by atoms with Crippen molar-refractivity contribution in [2.24, 2.45) is 5.73 Å². The molecule has 1 unspecified atom stereocenters. The van der Waals surface area contributed by atoms with Crippen molar-refractivity contribution >= 4 is 17.6 Å². The average Bonchev–Trinajstić information content (AvgIpc) is 2.11. The van der Waals surface area contributed by atoms with E-state index in [0.29, 0.717) is 10.6 Å². The molecule has 0 aliphatic heterocycles. The molecular weight excluding hydrogens is 202 g/mol. The largest absolute Gasteiger partial charge is 0.481 e. The van der Waals surface area contributed by atoms with E-state index in [2.05, 4.69) is 0 Å². The first-order valence-electron chi connectivity index (χ1n) is 4.25. The third-order valence-corrected chi connectivity index (χ3v) is 2.54. The minimum Gasteiger partial charge on any atom is -0.481 e. The summed E-state index contributed by atoms with van der Waals surface area (Å²) in [4.78, 5) is 10.8. The number of halogens is 1. The Morgan fingerprint density at radius 1 is 1.64 bits per heavy atom. The van der Waals surface area contributed by atoms with Gasteiger partial charge in [0.15, 0.2) is 0 Å². The van der Waals surface area contributed by atoms with E-state index in [1.807, 2.05) is 6.92 Å². The topological polar surface area (TPSA) is 63.3 Å². The molecule has 4 heteroatoms. The predicted octanol–water partition coefficient (Wildman–Crippen LogP) is 1.78. The fraction of sp³-hybridized carbons (Fsp3) is 0.300. The molecule has 14 heavy (non-hydrogen) atoms. The first kappa shape index (κ1) is 11.0. The summed E-state index contributed by atoms with van der Waals surface area (Å²) in [5.41, 5.74) is 6.94. The molecular formula is C10H12ClNO2. The zero-order valence-corrected chi connectivity index (χ0v) is 8.58. The Labute approximate surface area is 87.5 Å². The lowest BCUT2D eigenvalue weighted by Crippen LogP contribution is -2.21. The number of hydrogen-bond acceptors (Lipinski definition) is 2. The van der Waals surface area contributed by atoms with Gasteiger partial charge in [-0.2, -0.15) is 0 Å². The normalized spacial score (nSPS) is 12.5. The molecule has 0 radical (unpaired) electrons. The van der Waals surface area contributed by atoms with E-state index in [1.165, 1.54) is 0 Å². The van der Waals surface area contributed by atoms with Crippen molar-refractivity contribution in [3.8, 4) is 0 Å². The van der Waals surface area contributed by atoms with Gasteiger partial charge in [-0.1, -0.05) is 23.7 Å². The van der Waals surface area contributed by atoms with Crippen LogP contribution in [0, 0.1) is 6.92 Å². The fourth-order valence-corrected chi connectivity index (χ4v) is 1.38. The molecule has 3 nitrogen and oxygen atoms in total. The second kappa shape index (κ2) is 4.44. The summed E-state index contributed by atoms with van der Waals surface area (Å²) < 4.78 is 0. The van der Waals surface area contributed by atoms with Gasteiger partial charge < -0.3 is 10.8 Å². The van der Waals surface area contributed by atoms with E-state index >= 15 is 0 Å². The zero-order valence-electron chi connectivity index (χ0n) is 7.83. The van der Waals surface area contributed by atoms with Crippen LogP contribution in [0.15, 0.2) is 18.2 Å². The van der Waals surface area contributed by atoms with Crippen LogP contribution in [0.25, 0.3) is 0 Å². The molecule has 1 rings (SSSR count). The van der Waals surface area contributed by atoms with Crippen LogP contribution >= 0.6 is 11.6 Å². The first-order valence-corrected chi connectivity index (χ1v) is 4.63. The molecule has 0 aromatic heterocycles. The number of carboxylic acid groups (broad SMARTS) is 1. The van der Waals surface area contributed by atoms with Crippen LogP contribution in [0.2, 0.25) is 5.02 Å². The number of nitrogens with two attached hydrogens (primary N) is 1. The van der Waals surface area contributed by atoms with Gasteiger partial charge in [-0.3, -0.25) is 4.79 Å². The van der Waals surface area contributed by atoms with Crippen LogP contribution in [0.1, 0.15) is 17.0 Å². The van der Waals surface area contributed by atoms with Crippen molar-refractivity contribution in [1.82, 2.24) is 0 Å². The Bertz CT molecular complexity index is 352. The molecule has 0 aliphatic rings. The van der Waals surface area contributed by atoms with Gasteiger partial charge in [0, 0.05) is 11.6 Å².